The zero-order valence-electron chi connectivity index (χ0n) is 14.6. The van der Waals surface area contributed by atoms with Crippen LogP contribution in [-0.4, -0.2) is 44.1 Å². The van der Waals surface area contributed by atoms with E-state index in [4.69, 9.17) is 5.14 Å². The van der Waals surface area contributed by atoms with E-state index >= 15 is 0 Å². The van der Waals surface area contributed by atoms with Crippen molar-refractivity contribution in [1.29, 1.82) is 0 Å². The highest BCUT2D eigenvalue weighted by atomic mass is 32.2. The Hall–Kier alpha value is -2.52. The molecule has 0 radical (unpaired) electrons. The molecule has 0 aromatic heterocycles. The average molecular weight is 391 g/mol. The van der Waals surface area contributed by atoms with E-state index in [0.717, 1.165) is 10.5 Å². The fourth-order valence-corrected chi connectivity index (χ4v) is 3.93. The van der Waals surface area contributed by atoms with Crippen molar-refractivity contribution < 1.29 is 22.8 Å². The number of sulfonamides is 1. The Bertz CT molecular complexity index is 866. The lowest BCUT2D eigenvalue weighted by molar-refractivity contribution is -0.143. The highest BCUT2D eigenvalue weighted by molar-refractivity contribution is 7.89. The summed E-state index contributed by atoms with van der Waals surface area (Å²) < 4.78 is 22.4. The second-order valence-corrected chi connectivity index (χ2v) is 8.27. The summed E-state index contributed by atoms with van der Waals surface area (Å²) in [6.45, 7) is 0.0349. The van der Waals surface area contributed by atoms with Crippen molar-refractivity contribution in [3.8, 4) is 0 Å². The van der Waals surface area contributed by atoms with E-state index in [9.17, 15) is 22.8 Å². The van der Waals surface area contributed by atoms with E-state index in [1.165, 1.54) is 12.1 Å². The second kappa shape index (κ2) is 7.61. The van der Waals surface area contributed by atoms with E-state index in [1.54, 1.807) is 12.1 Å². The van der Waals surface area contributed by atoms with E-state index in [-0.39, 0.29) is 35.1 Å². The van der Waals surface area contributed by atoms with Gasteiger partial charge in [0.1, 0.15) is 6.54 Å². The van der Waals surface area contributed by atoms with Crippen LogP contribution >= 0.6 is 0 Å². The number of rotatable bonds is 6. The lowest BCUT2D eigenvalue weighted by atomic mass is 9.85. The first-order valence-corrected chi connectivity index (χ1v) is 10.2. The summed E-state index contributed by atoms with van der Waals surface area (Å²) in [7, 11) is -3.73. The Balaban J connectivity index is 1.49. The Kier molecular flexibility index (Phi) is 5.43. The number of nitrogens with zero attached hydrogens (tertiary/aromatic N) is 1. The summed E-state index contributed by atoms with van der Waals surface area (Å²) in [4.78, 5) is 37.8. The molecule has 0 saturated carbocycles. The Morgan fingerprint density at radius 2 is 1.63 bits per heavy atom. The molecule has 27 heavy (non-hydrogen) atoms. The van der Waals surface area contributed by atoms with Crippen LogP contribution in [0.15, 0.2) is 41.3 Å². The minimum atomic E-state index is -3.73. The first-order chi connectivity index (χ1) is 12.8. The molecule has 8 nitrogen and oxygen atoms in total. The molecule has 2 aliphatic rings. The number of allylic oxidation sites excluding steroid dienone is 2. The van der Waals surface area contributed by atoms with Crippen LogP contribution in [0.2, 0.25) is 0 Å². The minimum absolute atomic E-state index is 0.0253. The number of fused-ring (bicyclic) bond motifs is 1. The fourth-order valence-electron chi connectivity index (χ4n) is 3.42. The quantitative estimate of drug-likeness (QED) is 0.519. The highest BCUT2D eigenvalue weighted by Gasteiger charge is 2.47. The smallest absolute Gasteiger partial charge is 0.240 e. The molecule has 0 spiro atoms. The minimum Gasteiger partial charge on any atom is -0.354 e. The first kappa shape index (κ1) is 19.2. The van der Waals surface area contributed by atoms with Gasteiger partial charge in [0.2, 0.25) is 27.7 Å². The SMILES string of the molecule is NS(=O)(=O)c1ccc(CCNC(=O)CN2C(=O)C3CC=CCC3C2=O)cc1. The molecule has 2 unspecified atom stereocenters. The number of primary sulfonamides is 1. The van der Waals surface area contributed by atoms with E-state index in [2.05, 4.69) is 5.32 Å². The summed E-state index contributed by atoms with van der Waals surface area (Å²) in [6, 6.07) is 6.06. The Morgan fingerprint density at radius 3 is 2.15 bits per heavy atom. The van der Waals surface area contributed by atoms with Gasteiger partial charge in [0.05, 0.1) is 16.7 Å². The van der Waals surface area contributed by atoms with Crippen LogP contribution in [0.3, 0.4) is 0 Å². The summed E-state index contributed by atoms with van der Waals surface area (Å²) in [5.41, 5.74) is 0.827. The number of benzene rings is 1. The maximum Gasteiger partial charge on any atom is 0.240 e. The van der Waals surface area contributed by atoms with Gasteiger partial charge in [0.25, 0.3) is 0 Å². The Labute approximate surface area is 157 Å². The predicted octanol–water partition coefficient (Wildman–Crippen LogP) is -0.0561. The summed E-state index contributed by atoms with van der Waals surface area (Å²) in [5.74, 6) is -1.63. The van der Waals surface area contributed by atoms with Crippen molar-refractivity contribution in [3.05, 3.63) is 42.0 Å². The molecule has 2 atom stereocenters. The summed E-state index contributed by atoms with van der Waals surface area (Å²) in [5, 5.41) is 7.72. The van der Waals surface area contributed by atoms with Crippen molar-refractivity contribution >= 4 is 27.7 Å². The molecule has 1 saturated heterocycles. The zero-order valence-corrected chi connectivity index (χ0v) is 15.4. The molecule has 0 bridgehead atoms. The predicted molar refractivity (Wildman–Crippen MR) is 96.6 cm³/mol. The van der Waals surface area contributed by atoms with Crippen LogP contribution in [0.5, 0.6) is 0 Å². The second-order valence-electron chi connectivity index (χ2n) is 6.71. The van der Waals surface area contributed by atoms with E-state index in [1.807, 2.05) is 12.2 Å². The third kappa shape index (κ3) is 4.25. The van der Waals surface area contributed by atoms with Gasteiger partial charge in [0, 0.05) is 6.54 Å². The number of carbonyl (C=O) groups is 3. The van der Waals surface area contributed by atoms with Crippen LogP contribution in [-0.2, 0) is 30.8 Å². The van der Waals surface area contributed by atoms with Crippen molar-refractivity contribution in [3.63, 3.8) is 0 Å². The van der Waals surface area contributed by atoms with Crippen molar-refractivity contribution in [2.45, 2.75) is 24.2 Å². The van der Waals surface area contributed by atoms with Gasteiger partial charge < -0.3 is 5.32 Å². The fraction of sp³-hybridized carbons (Fsp3) is 0.389. The lowest BCUT2D eigenvalue weighted by Crippen LogP contribution is -2.41. The molecule has 9 heteroatoms. The number of carbonyl (C=O) groups excluding carboxylic acids is 3. The molecular weight excluding hydrogens is 370 g/mol. The molecule has 3 amide bonds. The van der Waals surface area contributed by atoms with Crippen molar-refractivity contribution in [1.82, 2.24) is 10.2 Å². The molecule has 144 valence electrons. The monoisotopic (exact) mass is 391 g/mol. The molecular formula is C18H21N3O5S. The van der Waals surface area contributed by atoms with Gasteiger partial charge in [-0.25, -0.2) is 13.6 Å². The molecule has 3 N–H and O–H groups in total. The molecule has 1 heterocycles. The van der Waals surface area contributed by atoms with Gasteiger partial charge in [-0.15, -0.1) is 0 Å². The number of hydrogen-bond donors (Lipinski definition) is 2. The van der Waals surface area contributed by atoms with Crippen molar-refractivity contribution in [2.75, 3.05) is 13.1 Å². The lowest BCUT2D eigenvalue weighted by Gasteiger charge is -2.14. The van der Waals surface area contributed by atoms with Gasteiger partial charge in [0.15, 0.2) is 0 Å². The molecule has 3 rings (SSSR count). The van der Waals surface area contributed by atoms with Crippen molar-refractivity contribution in [2.24, 2.45) is 17.0 Å². The maximum absolute atomic E-state index is 12.3. The van der Waals surface area contributed by atoms with Gasteiger partial charge in [-0.2, -0.15) is 0 Å². The zero-order chi connectivity index (χ0) is 19.6. The highest BCUT2D eigenvalue weighted by Crippen LogP contribution is 2.34. The van der Waals surface area contributed by atoms with Crippen LogP contribution in [0.4, 0.5) is 0 Å². The topological polar surface area (TPSA) is 127 Å². The van der Waals surface area contributed by atoms with Crippen LogP contribution in [0, 0.1) is 11.8 Å². The average Bonchev–Trinajstić information content (AvgIpc) is 2.87. The van der Waals surface area contributed by atoms with Gasteiger partial charge in [-0.1, -0.05) is 24.3 Å². The number of imide groups is 1. The third-order valence-corrected chi connectivity index (χ3v) is 5.82. The third-order valence-electron chi connectivity index (χ3n) is 4.89. The molecule has 1 aliphatic heterocycles. The van der Waals surface area contributed by atoms with Gasteiger partial charge in [-0.3, -0.25) is 19.3 Å². The van der Waals surface area contributed by atoms with Gasteiger partial charge in [-0.05, 0) is 37.0 Å². The maximum atomic E-state index is 12.3. The number of hydrogen-bond acceptors (Lipinski definition) is 5. The number of nitrogens with two attached hydrogens (primary N) is 1. The Morgan fingerprint density at radius 1 is 1.07 bits per heavy atom. The van der Waals surface area contributed by atoms with Crippen LogP contribution in [0.1, 0.15) is 18.4 Å². The number of amides is 3. The summed E-state index contributed by atoms with van der Waals surface area (Å²) in [6.07, 6.45) is 5.37. The standard InChI is InChI=1S/C18H21N3O5S/c19-27(25,26)13-7-5-12(6-8-13)9-10-20-16(22)11-21-17(23)14-3-1-2-4-15(14)18(21)24/h1-2,5-8,14-15H,3-4,9-11H2,(H,20,22)(H2,19,25,26). The molecule has 1 aliphatic carbocycles. The normalized spacial score (nSPS) is 22.0. The van der Waals surface area contributed by atoms with Crippen LogP contribution in [0.25, 0.3) is 0 Å². The number of nitrogens with one attached hydrogen (secondary N) is 1. The molecule has 1 fully saturated rings. The number of likely N-dealkylation sites (tertiary alicyclic amines) is 1. The van der Waals surface area contributed by atoms with E-state index in [0.29, 0.717) is 25.8 Å². The van der Waals surface area contributed by atoms with Crippen LogP contribution < -0.4 is 10.5 Å². The molecule has 1 aromatic carbocycles. The van der Waals surface area contributed by atoms with E-state index < -0.39 is 15.9 Å². The summed E-state index contributed by atoms with van der Waals surface area (Å²) >= 11 is 0. The molecule has 1 aromatic rings. The largest absolute Gasteiger partial charge is 0.354 e. The first-order valence-electron chi connectivity index (χ1n) is 8.66. The van der Waals surface area contributed by atoms with Gasteiger partial charge >= 0.3 is 0 Å².